The zero-order chi connectivity index (χ0) is 13.7. The molecule has 1 aromatic heterocycles. The van der Waals surface area contributed by atoms with E-state index in [1.165, 1.54) is 22.4 Å². The Kier molecular flexibility index (Phi) is 5.61. The molecule has 0 aliphatic heterocycles. The zero-order valence-electron chi connectivity index (χ0n) is 11.4. The van der Waals surface area contributed by atoms with E-state index >= 15 is 0 Å². The molecule has 1 nitrogen and oxygen atoms in total. The van der Waals surface area contributed by atoms with Gasteiger partial charge in [0.25, 0.3) is 0 Å². The molecule has 0 fully saturated rings. The van der Waals surface area contributed by atoms with Crippen molar-refractivity contribution in [3.63, 3.8) is 0 Å². The van der Waals surface area contributed by atoms with Gasteiger partial charge in [0.2, 0.25) is 0 Å². The summed E-state index contributed by atoms with van der Waals surface area (Å²) in [7, 11) is 0. The van der Waals surface area contributed by atoms with Gasteiger partial charge in [-0.25, -0.2) is 0 Å². The fourth-order valence-electron chi connectivity index (χ4n) is 2.17. The Hall–Kier alpha value is -0.640. The zero-order valence-corrected chi connectivity index (χ0v) is 13.9. The molecular formula is C16H20BrNS. The monoisotopic (exact) mass is 337 g/mol. The minimum absolute atomic E-state index is 0.432. The van der Waals surface area contributed by atoms with Crippen molar-refractivity contribution in [3.8, 4) is 0 Å². The minimum Gasteiger partial charge on any atom is -0.309 e. The van der Waals surface area contributed by atoms with E-state index in [0.29, 0.717) is 6.04 Å². The molecule has 1 N–H and O–H groups in total. The summed E-state index contributed by atoms with van der Waals surface area (Å²) >= 11 is 5.35. The molecule has 1 atom stereocenters. The molecule has 0 amide bonds. The largest absolute Gasteiger partial charge is 0.309 e. The Morgan fingerprint density at radius 2 is 1.95 bits per heavy atom. The second-order valence-corrected chi connectivity index (χ2v) is 6.67. The van der Waals surface area contributed by atoms with Crippen LogP contribution in [0.2, 0.25) is 0 Å². The van der Waals surface area contributed by atoms with E-state index in [2.05, 4.69) is 70.8 Å². The van der Waals surface area contributed by atoms with E-state index in [0.717, 1.165) is 17.4 Å². The molecule has 0 aliphatic rings. The highest BCUT2D eigenvalue weighted by Gasteiger charge is 2.15. The van der Waals surface area contributed by atoms with Crippen molar-refractivity contribution in [2.24, 2.45) is 0 Å². The van der Waals surface area contributed by atoms with E-state index < -0.39 is 0 Å². The van der Waals surface area contributed by atoms with Gasteiger partial charge in [-0.1, -0.05) is 35.0 Å². The van der Waals surface area contributed by atoms with Crippen LogP contribution in [-0.4, -0.2) is 6.54 Å². The van der Waals surface area contributed by atoms with Crippen LogP contribution in [0.5, 0.6) is 0 Å². The van der Waals surface area contributed by atoms with Crippen LogP contribution in [0.3, 0.4) is 0 Å². The van der Waals surface area contributed by atoms with Crippen LogP contribution in [0.4, 0.5) is 0 Å². The standard InChI is InChI=1S/C16H20BrNS/c1-3-9-18-15(16-12(2)8-10-19-16)11-13-4-6-14(17)7-5-13/h4-8,10,15,18H,3,9,11H2,1-2H3. The van der Waals surface area contributed by atoms with E-state index in [1.54, 1.807) is 0 Å². The normalized spacial score (nSPS) is 12.6. The first kappa shape index (κ1) is 14.8. The Morgan fingerprint density at radius 3 is 2.53 bits per heavy atom. The van der Waals surface area contributed by atoms with Crippen LogP contribution in [0, 0.1) is 6.92 Å². The first-order valence-electron chi connectivity index (χ1n) is 6.72. The van der Waals surface area contributed by atoms with Crippen LogP contribution >= 0.6 is 27.3 Å². The summed E-state index contributed by atoms with van der Waals surface area (Å²) in [6.45, 7) is 5.48. The number of hydrogen-bond acceptors (Lipinski definition) is 2. The Labute approximate surface area is 128 Å². The van der Waals surface area contributed by atoms with Crippen molar-refractivity contribution in [1.29, 1.82) is 0 Å². The molecule has 0 radical (unpaired) electrons. The lowest BCUT2D eigenvalue weighted by atomic mass is 10.0. The highest BCUT2D eigenvalue weighted by molar-refractivity contribution is 9.10. The van der Waals surface area contributed by atoms with E-state index in [-0.39, 0.29) is 0 Å². The maximum atomic E-state index is 3.67. The fourth-order valence-corrected chi connectivity index (χ4v) is 3.44. The molecule has 1 unspecified atom stereocenters. The van der Waals surface area contributed by atoms with Crippen LogP contribution in [-0.2, 0) is 6.42 Å². The van der Waals surface area contributed by atoms with Crippen molar-refractivity contribution in [2.75, 3.05) is 6.54 Å². The summed E-state index contributed by atoms with van der Waals surface area (Å²) in [5.74, 6) is 0. The number of aryl methyl sites for hydroxylation is 1. The molecule has 0 saturated heterocycles. The summed E-state index contributed by atoms with van der Waals surface area (Å²) in [6.07, 6.45) is 2.22. The van der Waals surface area contributed by atoms with Gasteiger partial charge in [0.15, 0.2) is 0 Å². The summed E-state index contributed by atoms with van der Waals surface area (Å²) in [4.78, 5) is 1.47. The third-order valence-corrected chi connectivity index (χ3v) is 4.87. The van der Waals surface area contributed by atoms with Crippen molar-refractivity contribution in [1.82, 2.24) is 5.32 Å². The SMILES string of the molecule is CCCNC(Cc1ccc(Br)cc1)c1sccc1C. The predicted octanol–water partition coefficient (Wildman–Crippen LogP) is 5.10. The summed E-state index contributed by atoms with van der Waals surface area (Å²) in [5.41, 5.74) is 2.78. The molecule has 1 aromatic carbocycles. The lowest BCUT2D eigenvalue weighted by Gasteiger charge is -2.18. The number of thiophene rings is 1. The first-order valence-corrected chi connectivity index (χ1v) is 8.39. The van der Waals surface area contributed by atoms with Crippen LogP contribution in [0.15, 0.2) is 40.2 Å². The van der Waals surface area contributed by atoms with Gasteiger partial charge in [0, 0.05) is 15.4 Å². The van der Waals surface area contributed by atoms with Gasteiger partial charge in [-0.05, 0) is 61.0 Å². The average molecular weight is 338 g/mol. The first-order chi connectivity index (χ1) is 9.20. The predicted molar refractivity (Wildman–Crippen MR) is 87.9 cm³/mol. The molecule has 1 heterocycles. The van der Waals surface area contributed by atoms with Gasteiger partial charge in [-0.15, -0.1) is 11.3 Å². The number of benzene rings is 1. The summed E-state index contributed by atoms with van der Waals surface area (Å²) in [5, 5.41) is 5.86. The molecular weight excluding hydrogens is 318 g/mol. The van der Waals surface area contributed by atoms with Crippen molar-refractivity contribution < 1.29 is 0 Å². The fraction of sp³-hybridized carbons (Fsp3) is 0.375. The third-order valence-electron chi connectivity index (χ3n) is 3.21. The topological polar surface area (TPSA) is 12.0 Å². The molecule has 0 aliphatic carbocycles. The molecule has 0 bridgehead atoms. The van der Waals surface area contributed by atoms with Crippen molar-refractivity contribution in [2.45, 2.75) is 32.7 Å². The molecule has 0 spiro atoms. The average Bonchev–Trinajstić information content (AvgIpc) is 2.83. The summed E-state index contributed by atoms with van der Waals surface area (Å²) in [6, 6.07) is 11.3. The van der Waals surface area contributed by atoms with Gasteiger partial charge >= 0.3 is 0 Å². The molecule has 0 saturated carbocycles. The lowest BCUT2D eigenvalue weighted by molar-refractivity contribution is 0.535. The van der Waals surface area contributed by atoms with Gasteiger partial charge in [-0.2, -0.15) is 0 Å². The molecule has 19 heavy (non-hydrogen) atoms. The lowest BCUT2D eigenvalue weighted by Crippen LogP contribution is -2.23. The third kappa shape index (κ3) is 4.16. The maximum Gasteiger partial charge on any atom is 0.0458 e. The van der Waals surface area contributed by atoms with Crippen LogP contribution < -0.4 is 5.32 Å². The van der Waals surface area contributed by atoms with E-state index in [4.69, 9.17) is 0 Å². The van der Waals surface area contributed by atoms with E-state index in [1.807, 2.05) is 11.3 Å². The quantitative estimate of drug-likeness (QED) is 0.772. The van der Waals surface area contributed by atoms with Gasteiger partial charge in [0.1, 0.15) is 0 Å². The summed E-state index contributed by atoms with van der Waals surface area (Å²) < 4.78 is 1.14. The van der Waals surface area contributed by atoms with E-state index in [9.17, 15) is 0 Å². The van der Waals surface area contributed by atoms with Crippen LogP contribution in [0.25, 0.3) is 0 Å². The number of halogens is 1. The second-order valence-electron chi connectivity index (χ2n) is 4.81. The van der Waals surface area contributed by atoms with Gasteiger partial charge in [-0.3, -0.25) is 0 Å². The number of nitrogens with one attached hydrogen (secondary N) is 1. The number of rotatable bonds is 6. The highest BCUT2D eigenvalue weighted by Crippen LogP contribution is 2.27. The highest BCUT2D eigenvalue weighted by atomic mass is 79.9. The minimum atomic E-state index is 0.432. The smallest absolute Gasteiger partial charge is 0.0458 e. The van der Waals surface area contributed by atoms with Crippen molar-refractivity contribution in [3.05, 3.63) is 56.2 Å². The second kappa shape index (κ2) is 7.22. The Balaban J connectivity index is 2.14. The van der Waals surface area contributed by atoms with Gasteiger partial charge < -0.3 is 5.32 Å². The number of hydrogen-bond donors (Lipinski definition) is 1. The van der Waals surface area contributed by atoms with Crippen molar-refractivity contribution >= 4 is 27.3 Å². The maximum absolute atomic E-state index is 3.67. The molecule has 3 heteroatoms. The van der Waals surface area contributed by atoms with Gasteiger partial charge in [0.05, 0.1) is 0 Å². The molecule has 2 rings (SSSR count). The Morgan fingerprint density at radius 1 is 1.21 bits per heavy atom. The molecule has 102 valence electrons. The van der Waals surface area contributed by atoms with Crippen LogP contribution in [0.1, 0.15) is 35.4 Å². The Bertz CT molecular complexity index is 504. The molecule has 2 aromatic rings.